The number of hydrogen-bond donors (Lipinski definition) is 1. The molecule has 0 aromatic rings. The van der Waals surface area contributed by atoms with Crippen molar-refractivity contribution < 1.29 is 0 Å². The summed E-state index contributed by atoms with van der Waals surface area (Å²) in [6, 6.07) is 2.22. The van der Waals surface area contributed by atoms with Gasteiger partial charge in [0.05, 0.1) is 0 Å². The Morgan fingerprint density at radius 3 is 2.50 bits per heavy atom. The van der Waals surface area contributed by atoms with Crippen LogP contribution in [0.4, 0.5) is 0 Å². The van der Waals surface area contributed by atoms with Gasteiger partial charge in [-0.3, -0.25) is 9.80 Å². The molecule has 2 atom stereocenters. The van der Waals surface area contributed by atoms with Gasteiger partial charge in [0.2, 0.25) is 0 Å². The first kappa shape index (κ1) is 14.3. The predicted molar refractivity (Wildman–Crippen MR) is 77.7 cm³/mol. The highest BCUT2D eigenvalue weighted by atomic mass is 15.3. The van der Waals surface area contributed by atoms with Crippen LogP contribution in [0.3, 0.4) is 0 Å². The molecule has 0 aromatic heterocycles. The topological polar surface area (TPSA) is 32.5 Å². The van der Waals surface area contributed by atoms with Gasteiger partial charge in [0.25, 0.3) is 0 Å². The Bertz CT molecular complexity index is 238. The van der Waals surface area contributed by atoms with E-state index in [4.69, 9.17) is 5.73 Å². The summed E-state index contributed by atoms with van der Waals surface area (Å²) >= 11 is 0. The van der Waals surface area contributed by atoms with E-state index in [1.165, 1.54) is 51.6 Å². The fraction of sp³-hybridized carbons (Fsp3) is 1.00. The smallest absolute Gasteiger partial charge is 0.0235 e. The molecular weight excluding hydrogens is 222 g/mol. The highest BCUT2D eigenvalue weighted by Crippen LogP contribution is 2.26. The lowest BCUT2D eigenvalue weighted by Gasteiger charge is -2.36. The van der Waals surface area contributed by atoms with Crippen LogP contribution in [0.1, 0.15) is 51.9 Å². The van der Waals surface area contributed by atoms with Gasteiger partial charge in [-0.15, -0.1) is 0 Å². The van der Waals surface area contributed by atoms with Gasteiger partial charge >= 0.3 is 0 Å². The lowest BCUT2D eigenvalue weighted by atomic mass is 9.93. The summed E-state index contributed by atoms with van der Waals surface area (Å²) in [4.78, 5) is 5.34. The lowest BCUT2D eigenvalue weighted by Crippen LogP contribution is -2.45. The second-order valence-corrected chi connectivity index (χ2v) is 6.32. The molecule has 3 nitrogen and oxygen atoms in total. The SMILES string of the molecule is CC1CCN(C2CCCCC2)CC(CCN)N1C. The van der Waals surface area contributed by atoms with Crippen LogP contribution in [0.5, 0.6) is 0 Å². The molecule has 0 radical (unpaired) electrons. The second-order valence-electron chi connectivity index (χ2n) is 6.32. The van der Waals surface area contributed by atoms with Crippen molar-refractivity contribution in [1.29, 1.82) is 0 Å². The molecule has 2 fully saturated rings. The number of nitrogens with two attached hydrogens (primary N) is 1. The third-order valence-corrected chi connectivity index (χ3v) is 5.14. The summed E-state index contributed by atoms with van der Waals surface area (Å²) in [5, 5.41) is 0. The van der Waals surface area contributed by atoms with Crippen LogP contribution in [0.2, 0.25) is 0 Å². The van der Waals surface area contributed by atoms with Crippen LogP contribution in [0, 0.1) is 0 Å². The van der Waals surface area contributed by atoms with Gasteiger partial charge in [-0.25, -0.2) is 0 Å². The molecule has 0 spiro atoms. The van der Waals surface area contributed by atoms with Gasteiger partial charge in [-0.2, -0.15) is 0 Å². The average molecular weight is 253 g/mol. The Hall–Kier alpha value is -0.120. The molecule has 106 valence electrons. The van der Waals surface area contributed by atoms with Gasteiger partial charge in [-0.05, 0) is 52.7 Å². The van der Waals surface area contributed by atoms with E-state index in [1.807, 2.05) is 0 Å². The monoisotopic (exact) mass is 253 g/mol. The molecule has 1 aliphatic heterocycles. The van der Waals surface area contributed by atoms with Crippen LogP contribution in [0.15, 0.2) is 0 Å². The molecule has 2 rings (SSSR count). The fourth-order valence-electron chi connectivity index (χ4n) is 3.67. The largest absolute Gasteiger partial charge is 0.330 e. The Labute approximate surface area is 113 Å². The number of likely N-dealkylation sites (N-methyl/N-ethyl adjacent to an activating group) is 1. The Kier molecular flexibility index (Phi) is 5.46. The van der Waals surface area contributed by atoms with Crippen LogP contribution < -0.4 is 5.73 Å². The van der Waals surface area contributed by atoms with E-state index in [1.54, 1.807) is 0 Å². The molecule has 1 heterocycles. The third kappa shape index (κ3) is 3.46. The molecule has 0 aromatic carbocycles. The number of nitrogens with zero attached hydrogens (tertiary/aromatic N) is 2. The molecule has 18 heavy (non-hydrogen) atoms. The van der Waals surface area contributed by atoms with Gasteiger partial charge in [-0.1, -0.05) is 19.3 Å². The molecule has 2 unspecified atom stereocenters. The molecule has 3 heteroatoms. The molecule has 0 bridgehead atoms. The van der Waals surface area contributed by atoms with Gasteiger partial charge in [0, 0.05) is 24.7 Å². The van der Waals surface area contributed by atoms with E-state index < -0.39 is 0 Å². The first-order valence-electron chi connectivity index (χ1n) is 7.88. The summed E-state index contributed by atoms with van der Waals surface area (Å²) in [6.45, 7) is 5.72. The van der Waals surface area contributed by atoms with Gasteiger partial charge in [0.1, 0.15) is 0 Å². The molecule has 2 N–H and O–H groups in total. The Balaban J connectivity index is 1.98. The molecule has 0 amide bonds. The first-order valence-corrected chi connectivity index (χ1v) is 7.88. The Morgan fingerprint density at radius 1 is 1.11 bits per heavy atom. The van der Waals surface area contributed by atoms with Crippen molar-refractivity contribution in [3.63, 3.8) is 0 Å². The predicted octanol–water partition coefficient (Wildman–Crippen LogP) is 2.06. The highest BCUT2D eigenvalue weighted by Gasteiger charge is 2.30. The van der Waals surface area contributed by atoms with Crippen LogP contribution in [0.25, 0.3) is 0 Å². The van der Waals surface area contributed by atoms with E-state index in [0.29, 0.717) is 12.1 Å². The quantitative estimate of drug-likeness (QED) is 0.835. The summed E-state index contributed by atoms with van der Waals surface area (Å²) in [5.74, 6) is 0. The second kappa shape index (κ2) is 6.88. The van der Waals surface area contributed by atoms with Gasteiger partial charge in [0.15, 0.2) is 0 Å². The highest BCUT2D eigenvalue weighted by molar-refractivity contribution is 4.86. The van der Waals surface area contributed by atoms with Crippen molar-refractivity contribution in [2.24, 2.45) is 5.73 Å². The van der Waals surface area contributed by atoms with Crippen LogP contribution >= 0.6 is 0 Å². The van der Waals surface area contributed by atoms with E-state index in [0.717, 1.165) is 19.0 Å². The van der Waals surface area contributed by atoms with E-state index >= 15 is 0 Å². The number of rotatable bonds is 3. The minimum atomic E-state index is 0.662. The minimum absolute atomic E-state index is 0.662. The van der Waals surface area contributed by atoms with Crippen molar-refractivity contribution >= 4 is 0 Å². The van der Waals surface area contributed by atoms with E-state index in [2.05, 4.69) is 23.8 Å². The van der Waals surface area contributed by atoms with Crippen LogP contribution in [-0.2, 0) is 0 Å². The normalized spacial score (nSPS) is 33.5. The maximum absolute atomic E-state index is 5.80. The van der Waals surface area contributed by atoms with Crippen molar-refractivity contribution in [3.8, 4) is 0 Å². The number of hydrogen-bond acceptors (Lipinski definition) is 3. The van der Waals surface area contributed by atoms with Crippen molar-refractivity contribution in [1.82, 2.24) is 9.80 Å². The maximum atomic E-state index is 5.80. The zero-order valence-electron chi connectivity index (χ0n) is 12.3. The summed E-state index contributed by atoms with van der Waals surface area (Å²) in [5.41, 5.74) is 5.80. The fourth-order valence-corrected chi connectivity index (χ4v) is 3.67. The average Bonchev–Trinajstić information content (AvgIpc) is 2.54. The molecule has 1 aliphatic carbocycles. The third-order valence-electron chi connectivity index (χ3n) is 5.14. The summed E-state index contributed by atoms with van der Waals surface area (Å²) in [6.07, 6.45) is 9.63. The molecule has 2 aliphatic rings. The van der Waals surface area contributed by atoms with Crippen molar-refractivity contribution in [3.05, 3.63) is 0 Å². The summed E-state index contributed by atoms with van der Waals surface area (Å²) in [7, 11) is 2.29. The summed E-state index contributed by atoms with van der Waals surface area (Å²) < 4.78 is 0. The Morgan fingerprint density at radius 2 is 1.83 bits per heavy atom. The first-order chi connectivity index (χ1) is 8.72. The van der Waals surface area contributed by atoms with E-state index in [9.17, 15) is 0 Å². The zero-order chi connectivity index (χ0) is 13.0. The lowest BCUT2D eigenvalue weighted by molar-refractivity contribution is 0.127. The van der Waals surface area contributed by atoms with Crippen molar-refractivity contribution in [2.75, 3.05) is 26.7 Å². The molecule has 1 saturated carbocycles. The molecular formula is C15H31N3. The standard InChI is InChI=1S/C15H31N3/c1-13-9-11-18(14-6-4-3-5-7-14)12-15(8-10-16)17(13)2/h13-15H,3-12,16H2,1-2H3. The van der Waals surface area contributed by atoms with Gasteiger partial charge < -0.3 is 5.73 Å². The zero-order valence-corrected chi connectivity index (χ0v) is 12.3. The minimum Gasteiger partial charge on any atom is -0.330 e. The maximum Gasteiger partial charge on any atom is 0.0235 e. The molecule has 1 saturated heterocycles. The van der Waals surface area contributed by atoms with Crippen LogP contribution in [-0.4, -0.2) is 54.6 Å². The van der Waals surface area contributed by atoms with Crippen molar-refractivity contribution in [2.45, 2.75) is 70.0 Å². The van der Waals surface area contributed by atoms with E-state index in [-0.39, 0.29) is 0 Å².